The second kappa shape index (κ2) is 6.64. The summed E-state index contributed by atoms with van der Waals surface area (Å²) in [6.07, 6.45) is 0. The molecule has 0 aromatic heterocycles. The van der Waals surface area contributed by atoms with Gasteiger partial charge in [-0.15, -0.1) is 0 Å². The zero-order valence-electron chi connectivity index (χ0n) is 10.2. The second-order valence-electron chi connectivity index (χ2n) is 4.05. The molecule has 0 atom stereocenters. The van der Waals surface area contributed by atoms with Crippen LogP contribution in [0.1, 0.15) is 11.1 Å². The number of hydrogen-bond donors (Lipinski definition) is 1. The normalized spacial score (nSPS) is 10.3. The van der Waals surface area contributed by atoms with Crippen molar-refractivity contribution in [1.82, 2.24) is 0 Å². The molecule has 0 saturated carbocycles. The Balaban J connectivity index is 2.09. The maximum Gasteiger partial charge on any atom is 0.139 e. The fourth-order valence-electron chi connectivity index (χ4n) is 1.54. The van der Waals surface area contributed by atoms with E-state index in [1.165, 1.54) is 0 Å². The fourth-order valence-corrected chi connectivity index (χ4v) is 2.27. The molecule has 0 aliphatic rings. The fraction of sp³-hybridized carbons (Fsp3) is 0.0714. The Morgan fingerprint density at radius 3 is 2.20 bits per heavy atom. The summed E-state index contributed by atoms with van der Waals surface area (Å²) in [6.45, 7) is 0.356. The largest absolute Gasteiger partial charge is 0.487 e. The van der Waals surface area contributed by atoms with Crippen LogP contribution in [0.15, 0.2) is 36.4 Å². The third-order valence-corrected chi connectivity index (χ3v) is 3.86. The molecule has 0 radical (unpaired) electrons. The highest BCUT2D eigenvalue weighted by Crippen LogP contribution is 2.34. The Labute approximate surface area is 137 Å². The average molecular weight is 347 g/mol. The van der Waals surface area contributed by atoms with Gasteiger partial charge in [-0.2, -0.15) is 0 Å². The topological polar surface area (TPSA) is 35.2 Å². The summed E-state index contributed by atoms with van der Waals surface area (Å²) in [4.78, 5) is 0.366. The molecule has 0 bridgehead atoms. The van der Waals surface area contributed by atoms with Gasteiger partial charge in [0.1, 0.15) is 17.3 Å². The summed E-state index contributed by atoms with van der Waals surface area (Å²) in [5.41, 5.74) is 7.32. The molecular weight excluding hydrogens is 337 g/mol. The van der Waals surface area contributed by atoms with Crippen LogP contribution in [0, 0.1) is 0 Å². The molecule has 2 rings (SSSR count). The number of rotatable bonds is 4. The van der Waals surface area contributed by atoms with Gasteiger partial charge in [-0.05, 0) is 11.6 Å². The number of hydrogen-bond acceptors (Lipinski definition) is 2. The van der Waals surface area contributed by atoms with Gasteiger partial charge in [-0.1, -0.05) is 71.3 Å². The minimum atomic E-state index is 0.356. The van der Waals surface area contributed by atoms with Crippen molar-refractivity contribution in [2.45, 2.75) is 6.61 Å². The van der Waals surface area contributed by atoms with E-state index in [4.69, 9.17) is 57.5 Å². The number of benzene rings is 2. The lowest BCUT2D eigenvalue weighted by Gasteiger charge is -2.09. The van der Waals surface area contributed by atoms with Gasteiger partial charge in [0.15, 0.2) is 0 Å². The Morgan fingerprint density at radius 2 is 1.60 bits per heavy atom. The summed E-state index contributed by atoms with van der Waals surface area (Å²) in [7, 11) is 0. The summed E-state index contributed by atoms with van der Waals surface area (Å²) in [5.74, 6) is 0.486. The molecule has 0 aliphatic carbocycles. The molecule has 0 unspecified atom stereocenters. The van der Waals surface area contributed by atoms with Gasteiger partial charge >= 0.3 is 0 Å². The Hall–Kier alpha value is -1.00. The molecule has 0 fully saturated rings. The first-order valence-corrected chi connectivity index (χ1v) is 7.17. The van der Waals surface area contributed by atoms with Crippen molar-refractivity contribution in [3.05, 3.63) is 62.6 Å². The average Bonchev–Trinajstić information content (AvgIpc) is 2.42. The first kappa shape index (κ1) is 15.4. The lowest BCUT2D eigenvalue weighted by atomic mass is 10.1. The van der Waals surface area contributed by atoms with Crippen LogP contribution in [-0.4, -0.2) is 4.99 Å². The van der Waals surface area contributed by atoms with Gasteiger partial charge in [0, 0.05) is 11.6 Å². The molecule has 0 spiro atoms. The predicted octanol–water partition coefficient (Wildman–Crippen LogP) is 4.86. The first-order valence-electron chi connectivity index (χ1n) is 5.63. The van der Waals surface area contributed by atoms with E-state index in [1.807, 2.05) is 24.3 Å². The van der Waals surface area contributed by atoms with E-state index in [9.17, 15) is 0 Å². The first-order chi connectivity index (χ1) is 9.47. The van der Waals surface area contributed by atoms with Crippen molar-refractivity contribution >= 4 is 52.0 Å². The van der Waals surface area contributed by atoms with Crippen LogP contribution in [0.2, 0.25) is 15.1 Å². The van der Waals surface area contributed by atoms with Gasteiger partial charge in [0.2, 0.25) is 0 Å². The van der Waals surface area contributed by atoms with E-state index < -0.39 is 0 Å². The van der Waals surface area contributed by atoms with Crippen LogP contribution in [0.5, 0.6) is 5.75 Å². The van der Waals surface area contributed by atoms with Crippen molar-refractivity contribution in [3.63, 3.8) is 0 Å². The second-order valence-corrected chi connectivity index (χ2v) is 5.71. The van der Waals surface area contributed by atoms with Crippen molar-refractivity contribution in [2.75, 3.05) is 0 Å². The standard InChI is InChI=1S/C14H10Cl3NOS/c15-10-5-12(17)13(6-11(10)16)19-7-8-1-3-9(4-2-8)14(18)20/h1-6H,7H2,(H2,18,20). The van der Waals surface area contributed by atoms with Crippen molar-refractivity contribution in [3.8, 4) is 5.75 Å². The summed E-state index contributed by atoms with van der Waals surface area (Å²) in [5, 5.41) is 1.21. The van der Waals surface area contributed by atoms with Gasteiger partial charge in [-0.3, -0.25) is 0 Å². The molecule has 0 aliphatic heterocycles. The molecule has 2 aromatic carbocycles. The number of nitrogens with two attached hydrogens (primary N) is 1. The van der Waals surface area contributed by atoms with Crippen molar-refractivity contribution in [1.29, 1.82) is 0 Å². The maximum absolute atomic E-state index is 6.03. The maximum atomic E-state index is 6.03. The molecular formula is C14H10Cl3NOS. The van der Waals surface area contributed by atoms with E-state index >= 15 is 0 Å². The van der Waals surface area contributed by atoms with E-state index in [1.54, 1.807) is 12.1 Å². The van der Waals surface area contributed by atoms with E-state index in [2.05, 4.69) is 0 Å². The highest BCUT2D eigenvalue weighted by atomic mass is 35.5. The Morgan fingerprint density at radius 1 is 1.00 bits per heavy atom. The number of ether oxygens (including phenoxy) is 1. The lowest BCUT2D eigenvalue weighted by molar-refractivity contribution is 0.306. The third kappa shape index (κ3) is 3.76. The Kier molecular flexibility index (Phi) is 5.11. The monoisotopic (exact) mass is 345 g/mol. The quantitative estimate of drug-likeness (QED) is 0.634. The zero-order valence-corrected chi connectivity index (χ0v) is 13.3. The molecule has 0 amide bonds. The van der Waals surface area contributed by atoms with Crippen LogP contribution in [0.25, 0.3) is 0 Å². The molecule has 6 heteroatoms. The minimum absolute atomic E-state index is 0.356. The predicted molar refractivity (Wildman–Crippen MR) is 88.1 cm³/mol. The molecule has 0 saturated heterocycles. The van der Waals surface area contributed by atoms with Gasteiger partial charge in [-0.25, -0.2) is 0 Å². The SMILES string of the molecule is NC(=S)c1ccc(COc2cc(Cl)c(Cl)cc2Cl)cc1. The smallest absolute Gasteiger partial charge is 0.139 e. The van der Waals surface area contributed by atoms with E-state index in [-0.39, 0.29) is 0 Å². The molecule has 0 heterocycles. The van der Waals surface area contributed by atoms with Gasteiger partial charge in [0.25, 0.3) is 0 Å². The van der Waals surface area contributed by atoms with Crippen LogP contribution in [0.4, 0.5) is 0 Å². The summed E-state index contributed by atoms with van der Waals surface area (Å²) < 4.78 is 5.62. The summed E-state index contributed by atoms with van der Waals surface area (Å²) >= 11 is 22.7. The van der Waals surface area contributed by atoms with Crippen LogP contribution in [0.3, 0.4) is 0 Å². The molecule has 2 N–H and O–H groups in total. The van der Waals surface area contributed by atoms with Gasteiger partial charge < -0.3 is 10.5 Å². The Bertz CT molecular complexity index is 644. The molecule has 104 valence electrons. The van der Waals surface area contributed by atoms with E-state index in [0.717, 1.165) is 11.1 Å². The molecule has 20 heavy (non-hydrogen) atoms. The van der Waals surface area contributed by atoms with E-state index in [0.29, 0.717) is 32.4 Å². The molecule has 2 aromatic rings. The van der Waals surface area contributed by atoms with Crippen LogP contribution in [-0.2, 0) is 6.61 Å². The third-order valence-electron chi connectivity index (χ3n) is 2.61. The number of halogens is 3. The molecule has 2 nitrogen and oxygen atoms in total. The van der Waals surface area contributed by atoms with Crippen LogP contribution >= 0.6 is 47.0 Å². The lowest BCUT2D eigenvalue weighted by Crippen LogP contribution is -2.09. The van der Waals surface area contributed by atoms with Crippen molar-refractivity contribution in [2.24, 2.45) is 5.73 Å². The zero-order chi connectivity index (χ0) is 14.7. The summed E-state index contributed by atoms with van der Waals surface area (Å²) in [6, 6.07) is 10.6. The number of thiocarbonyl (C=S) groups is 1. The highest BCUT2D eigenvalue weighted by Gasteiger charge is 2.07. The van der Waals surface area contributed by atoms with Gasteiger partial charge in [0.05, 0.1) is 15.1 Å². The van der Waals surface area contributed by atoms with Crippen molar-refractivity contribution < 1.29 is 4.74 Å². The van der Waals surface area contributed by atoms with Crippen LogP contribution < -0.4 is 10.5 Å². The minimum Gasteiger partial charge on any atom is -0.487 e. The highest BCUT2D eigenvalue weighted by molar-refractivity contribution is 7.80.